The van der Waals surface area contributed by atoms with Crippen molar-refractivity contribution in [1.29, 1.82) is 0 Å². The smallest absolute Gasteiger partial charge is 0.156 e. The minimum atomic E-state index is -0.130. The molecule has 2 aromatic heterocycles. The number of nitrogens with one attached hydrogen (secondary N) is 2. The van der Waals surface area contributed by atoms with Crippen LogP contribution in [0.2, 0.25) is 0 Å². The zero-order valence-electron chi connectivity index (χ0n) is 24.1. The Morgan fingerprint density at radius 2 is 1.14 bits per heavy atom. The SMILES string of the molecule is c1ccc(CNC(N2NC2c2ccccc2)n2c3ccccc3c3cc4c5ccccc5n(-c5ccccc5)c4cc32)cc1. The maximum atomic E-state index is 3.92. The third kappa shape index (κ3) is 4.06. The Morgan fingerprint density at radius 3 is 1.89 bits per heavy atom. The molecule has 0 amide bonds. The van der Waals surface area contributed by atoms with Crippen molar-refractivity contribution in [2.75, 3.05) is 0 Å². The van der Waals surface area contributed by atoms with Gasteiger partial charge in [-0.2, -0.15) is 5.01 Å². The highest BCUT2D eigenvalue weighted by Crippen LogP contribution is 2.42. The molecule has 0 spiro atoms. The van der Waals surface area contributed by atoms with Crippen molar-refractivity contribution in [2.24, 2.45) is 0 Å². The Kier molecular flexibility index (Phi) is 5.87. The second-order valence-corrected chi connectivity index (χ2v) is 11.6. The van der Waals surface area contributed by atoms with Gasteiger partial charge in [0.2, 0.25) is 0 Å². The number of benzene rings is 6. The van der Waals surface area contributed by atoms with Crippen molar-refractivity contribution in [3.8, 4) is 5.69 Å². The average molecular weight is 570 g/mol. The summed E-state index contributed by atoms with van der Waals surface area (Å²) in [7, 11) is 0. The lowest BCUT2D eigenvalue weighted by Gasteiger charge is -2.24. The lowest BCUT2D eigenvalue weighted by Crippen LogP contribution is -2.33. The van der Waals surface area contributed by atoms with Gasteiger partial charge in [-0.3, -0.25) is 5.32 Å². The summed E-state index contributed by atoms with van der Waals surface area (Å²) in [6, 6.07) is 54.4. The molecule has 8 aromatic rings. The number of fused-ring (bicyclic) bond motifs is 6. The van der Waals surface area contributed by atoms with E-state index in [1.54, 1.807) is 0 Å². The van der Waals surface area contributed by atoms with Gasteiger partial charge in [0.15, 0.2) is 6.29 Å². The maximum Gasteiger partial charge on any atom is 0.156 e. The van der Waals surface area contributed by atoms with E-state index in [9.17, 15) is 0 Å². The summed E-state index contributed by atoms with van der Waals surface area (Å²) >= 11 is 0. The van der Waals surface area contributed by atoms with Crippen molar-refractivity contribution in [1.82, 2.24) is 24.9 Å². The van der Waals surface area contributed by atoms with Gasteiger partial charge < -0.3 is 9.13 Å². The normalized spacial score (nSPS) is 17.1. The van der Waals surface area contributed by atoms with Crippen LogP contribution < -0.4 is 10.7 Å². The first-order valence-corrected chi connectivity index (χ1v) is 15.2. The average Bonchev–Trinajstić information content (AvgIpc) is 3.74. The molecule has 2 N–H and O–H groups in total. The maximum absolute atomic E-state index is 3.92. The van der Waals surface area contributed by atoms with E-state index in [2.05, 4.69) is 177 Å². The molecule has 3 atom stereocenters. The van der Waals surface area contributed by atoms with E-state index in [1.807, 2.05) is 0 Å². The second-order valence-electron chi connectivity index (χ2n) is 11.6. The van der Waals surface area contributed by atoms with E-state index in [0.29, 0.717) is 0 Å². The molecule has 1 aliphatic rings. The molecule has 1 aliphatic heterocycles. The van der Waals surface area contributed by atoms with Crippen LogP contribution in [-0.2, 0) is 6.54 Å². The molecule has 0 aliphatic carbocycles. The summed E-state index contributed by atoms with van der Waals surface area (Å²) < 4.78 is 4.89. The summed E-state index contributed by atoms with van der Waals surface area (Å²) in [5, 5.41) is 11.3. The Bertz CT molecular complexity index is 2270. The number of aromatic nitrogens is 2. The zero-order valence-corrected chi connectivity index (χ0v) is 24.1. The Labute approximate surface area is 255 Å². The number of hydrogen-bond acceptors (Lipinski definition) is 3. The number of hydrazine groups is 1. The Hall–Kier alpha value is -5.20. The molecule has 1 saturated heterocycles. The van der Waals surface area contributed by atoms with Crippen LogP contribution in [0.25, 0.3) is 49.3 Å². The van der Waals surface area contributed by atoms with Crippen molar-refractivity contribution in [2.45, 2.75) is 19.0 Å². The number of para-hydroxylation sites is 3. The summed E-state index contributed by atoms with van der Waals surface area (Å²) in [6.45, 7) is 0.742. The minimum Gasteiger partial charge on any atom is -0.310 e. The molecule has 9 rings (SSSR count). The number of nitrogens with zero attached hydrogens (tertiary/aromatic N) is 3. The van der Waals surface area contributed by atoms with E-state index in [0.717, 1.165) is 12.2 Å². The zero-order chi connectivity index (χ0) is 29.0. The minimum absolute atomic E-state index is 0.125. The summed E-state index contributed by atoms with van der Waals surface area (Å²) in [5.74, 6) is 0. The Morgan fingerprint density at radius 1 is 0.545 bits per heavy atom. The predicted octanol–water partition coefficient (Wildman–Crippen LogP) is 8.66. The first-order chi connectivity index (χ1) is 21.8. The summed E-state index contributed by atoms with van der Waals surface area (Å²) in [5.41, 5.74) is 12.2. The van der Waals surface area contributed by atoms with Crippen LogP contribution in [0.3, 0.4) is 0 Å². The third-order valence-corrected chi connectivity index (χ3v) is 8.95. The van der Waals surface area contributed by atoms with Gasteiger partial charge in [0.1, 0.15) is 6.17 Å². The number of hydrogen-bond donors (Lipinski definition) is 2. The van der Waals surface area contributed by atoms with E-state index in [1.165, 1.54) is 54.7 Å². The highest BCUT2D eigenvalue weighted by molar-refractivity contribution is 6.18. The highest BCUT2D eigenvalue weighted by Gasteiger charge is 2.42. The molecular weight excluding hydrogens is 538 g/mol. The van der Waals surface area contributed by atoms with Crippen molar-refractivity contribution in [3.63, 3.8) is 0 Å². The van der Waals surface area contributed by atoms with Gasteiger partial charge in [0, 0.05) is 33.8 Å². The molecule has 6 aromatic carbocycles. The summed E-state index contributed by atoms with van der Waals surface area (Å²) in [4.78, 5) is 0. The van der Waals surface area contributed by atoms with Gasteiger partial charge in [-0.05, 0) is 47.5 Å². The van der Waals surface area contributed by atoms with Crippen LogP contribution >= 0.6 is 0 Å². The predicted molar refractivity (Wildman–Crippen MR) is 180 cm³/mol. The fourth-order valence-electron chi connectivity index (χ4n) is 6.89. The molecule has 5 nitrogen and oxygen atoms in total. The van der Waals surface area contributed by atoms with Crippen molar-refractivity contribution >= 4 is 43.6 Å². The lowest BCUT2D eigenvalue weighted by molar-refractivity contribution is 0.219. The topological polar surface area (TPSA) is 46.8 Å². The fraction of sp³-hybridized carbons (Fsp3) is 0.0769. The van der Waals surface area contributed by atoms with Crippen LogP contribution in [-0.4, -0.2) is 14.1 Å². The highest BCUT2D eigenvalue weighted by atomic mass is 15.8. The standard InChI is InChI=1S/C39H31N5/c1-4-14-27(15-5-1)26-40-39(44-38(41-44)28-16-6-2-7-17-28)43-35-23-13-11-21-31(35)33-24-32-30-20-10-12-22-34(30)42(36(32)25-37(33)43)29-18-8-3-9-19-29/h1-25,38-41H,26H2. The van der Waals surface area contributed by atoms with Gasteiger partial charge in [-0.15, -0.1) is 0 Å². The Balaban J connectivity index is 1.29. The van der Waals surface area contributed by atoms with Gasteiger partial charge in [0.25, 0.3) is 0 Å². The first-order valence-electron chi connectivity index (χ1n) is 15.2. The fourth-order valence-corrected chi connectivity index (χ4v) is 6.89. The quantitative estimate of drug-likeness (QED) is 0.189. The molecule has 3 unspecified atom stereocenters. The van der Waals surface area contributed by atoms with E-state index in [-0.39, 0.29) is 12.5 Å². The monoisotopic (exact) mass is 569 g/mol. The van der Waals surface area contributed by atoms with Crippen LogP contribution in [0.15, 0.2) is 152 Å². The molecule has 5 heteroatoms. The van der Waals surface area contributed by atoms with Gasteiger partial charge in [-0.25, -0.2) is 5.43 Å². The molecule has 0 radical (unpaired) electrons. The molecule has 0 saturated carbocycles. The van der Waals surface area contributed by atoms with E-state index >= 15 is 0 Å². The number of rotatable bonds is 7. The lowest BCUT2D eigenvalue weighted by atomic mass is 10.1. The molecule has 3 heterocycles. The van der Waals surface area contributed by atoms with Crippen LogP contribution in [0.5, 0.6) is 0 Å². The second kappa shape index (κ2) is 10.2. The van der Waals surface area contributed by atoms with Crippen molar-refractivity contribution < 1.29 is 0 Å². The molecule has 1 fully saturated rings. The van der Waals surface area contributed by atoms with Crippen LogP contribution in [0, 0.1) is 0 Å². The van der Waals surface area contributed by atoms with Crippen molar-refractivity contribution in [3.05, 3.63) is 163 Å². The van der Waals surface area contributed by atoms with E-state index < -0.39 is 0 Å². The van der Waals surface area contributed by atoms with Gasteiger partial charge >= 0.3 is 0 Å². The summed E-state index contributed by atoms with van der Waals surface area (Å²) in [6.07, 6.45) is -0.00463. The van der Waals surface area contributed by atoms with Crippen LogP contribution in [0.1, 0.15) is 23.6 Å². The van der Waals surface area contributed by atoms with Crippen LogP contribution in [0.4, 0.5) is 0 Å². The molecule has 0 bridgehead atoms. The molecule has 44 heavy (non-hydrogen) atoms. The molecule has 212 valence electrons. The van der Waals surface area contributed by atoms with Gasteiger partial charge in [-0.1, -0.05) is 115 Å². The molecular formula is C39H31N5. The largest absolute Gasteiger partial charge is 0.310 e. The first kappa shape index (κ1) is 25.3. The van der Waals surface area contributed by atoms with E-state index in [4.69, 9.17) is 0 Å². The third-order valence-electron chi connectivity index (χ3n) is 8.95. The van der Waals surface area contributed by atoms with Gasteiger partial charge in [0.05, 0.1) is 22.1 Å².